The normalized spacial score (nSPS) is 8.56. The summed E-state index contributed by atoms with van der Waals surface area (Å²) in [6.07, 6.45) is 0. The van der Waals surface area contributed by atoms with Gasteiger partial charge in [0.25, 0.3) is 0 Å². The number of hydrogen-bond acceptors (Lipinski definition) is 2. The summed E-state index contributed by atoms with van der Waals surface area (Å²) < 4.78 is 10.0. The van der Waals surface area contributed by atoms with Gasteiger partial charge in [-0.25, -0.2) is 0 Å². The van der Waals surface area contributed by atoms with Gasteiger partial charge in [0, 0.05) is 29.3 Å². The van der Waals surface area contributed by atoms with E-state index in [4.69, 9.17) is 8.50 Å². The maximum atomic E-state index is 10.2. The second-order valence-corrected chi connectivity index (χ2v) is 1.44. The second kappa shape index (κ2) is 4.93. The summed E-state index contributed by atoms with van der Waals surface area (Å²) >= 11 is 0. The van der Waals surface area contributed by atoms with Crippen molar-refractivity contribution in [3.05, 3.63) is 10.4 Å². The fourth-order valence-corrected chi connectivity index (χ4v) is 0.327. The van der Waals surface area contributed by atoms with Crippen molar-refractivity contribution in [3.8, 4) is 0 Å². The molecule has 0 bridgehead atoms. The summed E-state index contributed by atoms with van der Waals surface area (Å²) in [5.74, 6) is -0.108. The van der Waals surface area contributed by atoms with Crippen molar-refractivity contribution >= 4 is 5.91 Å². The van der Waals surface area contributed by atoms with Gasteiger partial charge in [-0.3, -0.25) is 4.79 Å². The van der Waals surface area contributed by atoms with E-state index in [0.29, 0.717) is 13.1 Å². The quantitative estimate of drug-likeness (QED) is 0.265. The molecular weight excluding hydrogens is 120 g/mol. The topological polar surface area (TPSA) is 77.9 Å². The number of hydrogen-bond donors (Lipinski definition) is 1. The van der Waals surface area contributed by atoms with Gasteiger partial charge >= 0.3 is 0 Å². The fraction of sp³-hybridized carbons (Fsp3) is 0.750. The van der Waals surface area contributed by atoms with Crippen LogP contribution in [0.1, 0.15) is 11.3 Å². The summed E-state index contributed by atoms with van der Waals surface area (Å²) in [5, 5.41) is 5.69. The predicted octanol–water partition coefficient (Wildman–Crippen LogP) is 0.925. The van der Waals surface area contributed by atoms with Gasteiger partial charge in [0.1, 0.15) is 0 Å². The SMILES string of the molecule is CC(=O)NCCN=[N+]=[N-].[2HH].[2H][2H]. The Hall–Kier alpha value is -1.22. The molecule has 0 saturated heterocycles. The molecule has 0 aromatic rings. The van der Waals surface area contributed by atoms with Crippen molar-refractivity contribution in [3.63, 3.8) is 0 Å². The van der Waals surface area contributed by atoms with Crippen LogP contribution in [0, 0.1) is 0 Å². The van der Waals surface area contributed by atoms with Crippen molar-refractivity contribution in [2.24, 2.45) is 5.11 Å². The van der Waals surface area contributed by atoms with E-state index in [-0.39, 0.29) is 7.33 Å². The zero-order chi connectivity index (χ0) is 9.11. The van der Waals surface area contributed by atoms with Crippen molar-refractivity contribution in [1.29, 1.82) is 0 Å². The number of carbonyl (C=O) groups excluding carboxylic acids is 1. The van der Waals surface area contributed by atoms with E-state index in [2.05, 4.69) is 15.3 Å². The molecule has 0 heterocycles. The minimum Gasteiger partial charge on any atom is -0.356 e. The van der Waals surface area contributed by atoms with Crippen LogP contribution in [0.3, 0.4) is 0 Å². The van der Waals surface area contributed by atoms with E-state index in [0.717, 1.165) is 0 Å². The minimum absolute atomic E-state index is 0. The first-order valence-electron chi connectivity index (χ1n) is 3.52. The average molecular weight is 135 g/mol. The molecule has 5 nitrogen and oxygen atoms in total. The zero-order valence-electron chi connectivity index (χ0n) is 7.16. The van der Waals surface area contributed by atoms with Crippen LogP contribution < -0.4 is 5.32 Å². The van der Waals surface area contributed by atoms with Crippen LogP contribution in [-0.2, 0) is 4.79 Å². The van der Waals surface area contributed by atoms with E-state index in [1.165, 1.54) is 6.92 Å². The molecule has 0 aliphatic carbocycles. The highest BCUT2D eigenvalue weighted by Crippen LogP contribution is 1.67. The largest absolute Gasteiger partial charge is 0.356 e. The Morgan fingerprint density at radius 3 is 3.22 bits per heavy atom. The number of azide groups is 1. The molecule has 0 aromatic heterocycles. The first-order valence-corrected chi connectivity index (χ1v) is 2.52. The Labute approximate surface area is 57.2 Å². The first-order chi connectivity index (χ1) is 5.27. The molecule has 0 atom stereocenters. The number of carbonyl (C=O) groups is 1. The molecule has 0 aliphatic rings. The monoisotopic (exact) mass is 135 g/mol. The lowest BCUT2D eigenvalue weighted by Crippen LogP contribution is -2.22. The van der Waals surface area contributed by atoms with E-state index in [1.54, 1.807) is 0 Å². The second-order valence-electron chi connectivity index (χ2n) is 1.44. The van der Waals surface area contributed by atoms with Crippen LogP contribution in [0.15, 0.2) is 5.11 Å². The molecule has 0 aliphatic heterocycles. The summed E-state index contributed by atoms with van der Waals surface area (Å²) in [5.41, 5.74) is 7.78. The highest BCUT2D eigenvalue weighted by Gasteiger charge is 1.85. The van der Waals surface area contributed by atoms with Crippen LogP contribution in [0.4, 0.5) is 0 Å². The molecule has 0 aromatic carbocycles. The average Bonchev–Trinajstić information content (AvgIpc) is 2.02. The molecule has 0 radical (unpaired) electrons. The standard InChI is InChI=1S/C4H8N4O.2H2/c1-4(9)6-2-3-7-8-5;;/h2-3H2,1H3,(H,6,9);2*1H/i;1+1D;1+1. The van der Waals surface area contributed by atoms with E-state index >= 15 is 0 Å². The molecule has 0 rings (SSSR count). The lowest BCUT2D eigenvalue weighted by Gasteiger charge is -1.93. The summed E-state index contributed by atoms with van der Waals surface area (Å²) in [6, 6.07) is 0. The summed E-state index contributed by atoms with van der Waals surface area (Å²) in [4.78, 5) is 12.7. The number of rotatable bonds is 3. The van der Waals surface area contributed by atoms with Gasteiger partial charge in [0.2, 0.25) is 5.91 Å². The van der Waals surface area contributed by atoms with E-state index in [9.17, 15) is 4.79 Å². The highest BCUT2D eigenvalue weighted by molar-refractivity contribution is 5.72. The smallest absolute Gasteiger partial charge is 0.216 e. The van der Waals surface area contributed by atoms with Crippen LogP contribution in [-0.4, -0.2) is 19.0 Å². The lowest BCUT2D eigenvalue weighted by molar-refractivity contribution is -0.118. The third kappa shape index (κ3) is 6.78. The van der Waals surface area contributed by atoms with E-state index < -0.39 is 0 Å². The van der Waals surface area contributed by atoms with Crippen LogP contribution in [0.25, 0.3) is 10.4 Å². The maximum absolute atomic E-state index is 10.2. The number of nitrogens with zero attached hydrogens (tertiary/aromatic N) is 3. The highest BCUT2D eigenvalue weighted by atomic mass is 16.1. The zero-order valence-corrected chi connectivity index (χ0v) is 5.16. The van der Waals surface area contributed by atoms with Crippen molar-refractivity contribution in [1.82, 2.24) is 5.32 Å². The van der Waals surface area contributed by atoms with Gasteiger partial charge in [-0.05, 0) is 5.53 Å². The molecule has 54 valence electrons. The molecule has 0 fully saturated rings. The molecule has 5 heteroatoms. The molecule has 0 unspecified atom stereocenters. The Bertz CT molecular complexity index is 145. The summed E-state index contributed by atoms with van der Waals surface area (Å²) in [7, 11) is 0. The predicted molar refractivity (Wildman–Crippen MR) is 36.9 cm³/mol. The Balaban J connectivity index is -0.000000249. The fourth-order valence-electron chi connectivity index (χ4n) is 0.327. The Morgan fingerprint density at radius 1 is 2.11 bits per heavy atom. The molecule has 1 amide bonds. The molecule has 1 N–H and O–H groups in total. The lowest BCUT2D eigenvalue weighted by atomic mass is 10.6. The van der Waals surface area contributed by atoms with Crippen molar-refractivity contribution < 1.29 is 9.19 Å². The van der Waals surface area contributed by atoms with Crippen molar-refractivity contribution in [2.75, 3.05) is 13.1 Å². The Kier molecular flexibility index (Phi) is 3.23. The minimum atomic E-state index is -0.108. The summed E-state index contributed by atoms with van der Waals surface area (Å²) in [6.45, 7) is 2.14. The Morgan fingerprint density at radius 2 is 2.78 bits per heavy atom. The van der Waals surface area contributed by atoms with Crippen LogP contribution >= 0.6 is 0 Å². The van der Waals surface area contributed by atoms with Gasteiger partial charge < -0.3 is 5.32 Å². The van der Waals surface area contributed by atoms with Gasteiger partial charge in [-0.1, -0.05) is 5.11 Å². The number of nitrogens with one attached hydrogen (secondary N) is 1. The third-order valence-electron chi connectivity index (χ3n) is 0.649. The van der Waals surface area contributed by atoms with Gasteiger partial charge in [0.15, 0.2) is 0 Å². The molecule has 0 spiro atoms. The van der Waals surface area contributed by atoms with Crippen LogP contribution in [0.5, 0.6) is 0 Å². The van der Waals surface area contributed by atoms with Gasteiger partial charge in [-0.15, -0.1) is 0 Å². The molecule has 9 heavy (non-hydrogen) atoms. The molecular formula is C4H12N4O. The maximum Gasteiger partial charge on any atom is 0.216 e. The van der Waals surface area contributed by atoms with E-state index in [1.807, 2.05) is 0 Å². The van der Waals surface area contributed by atoms with Gasteiger partial charge in [0.05, 0.1) is 0 Å². The van der Waals surface area contributed by atoms with Crippen LogP contribution in [0.2, 0.25) is 0 Å². The molecule has 0 saturated carbocycles. The third-order valence-corrected chi connectivity index (χ3v) is 0.649. The van der Waals surface area contributed by atoms with Gasteiger partial charge in [-0.2, -0.15) is 0 Å². The van der Waals surface area contributed by atoms with Crippen molar-refractivity contribution in [2.45, 2.75) is 6.92 Å². The number of amides is 1. The first kappa shape index (κ1) is 5.91.